The Morgan fingerprint density at radius 1 is 0.949 bits per heavy atom. The van der Waals surface area contributed by atoms with Crippen LogP contribution in [-0.4, -0.2) is 48.3 Å². The summed E-state index contributed by atoms with van der Waals surface area (Å²) in [6, 6.07) is 0.315. The lowest BCUT2D eigenvalue weighted by molar-refractivity contribution is -0.143. The number of carbonyl (C=O) groups is 1. The smallest absolute Gasteiger partial charge is 0.417 e. The van der Waals surface area contributed by atoms with E-state index in [4.69, 9.17) is 9.47 Å². The lowest BCUT2D eigenvalue weighted by Crippen LogP contribution is -2.36. The molecule has 0 spiro atoms. The quantitative estimate of drug-likeness (QED) is 0.387. The topological polar surface area (TPSA) is 54.9 Å². The van der Waals surface area contributed by atoms with Gasteiger partial charge in [0.25, 0.3) is 0 Å². The number of hydrogen-bond acceptors (Lipinski definition) is 5. The number of pyridine rings is 1. The molecule has 2 aliphatic rings. The molecule has 4 rings (SSSR count). The average Bonchev–Trinajstić information content (AvgIpc) is 3.46. The van der Waals surface area contributed by atoms with Crippen molar-refractivity contribution in [2.45, 2.75) is 56.6 Å². The second-order valence-electron chi connectivity index (χ2n) is 9.34. The first kappa shape index (κ1) is 28.8. The van der Waals surface area contributed by atoms with Gasteiger partial charge in [-0.3, -0.25) is 4.90 Å². The van der Waals surface area contributed by atoms with E-state index in [-0.39, 0.29) is 23.5 Å². The van der Waals surface area contributed by atoms with Crippen molar-refractivity contribution in [3.63, 3.8) is 0 Å². The summed E-state index contributed by atoms with van der Waals surface area (Å²) >= 11 is 0. The zero-order chi connectivity index (χ0) is 28.9. The maximum atomic E-state index is 13.5. The van der Waals surface area contributed by atoms with Crippen LogP contribution in [0, 0.1) is 0 Å². The predicted molar refractivity (Wildman–Crippen MR) is 118 cm³/mol. The maximum absolute atomic E-state index is 13.5. The first-order valence-electron chi connectivity index (χ1n) is 11.6. The molecule has 0 radical (unpaired) electrons. The number of anilines is 1. The number of hydrogen-bond donors (Lipinski definition) is 0. The van der Waals surface area contributed by atoms with Crippen molar-refractivity contribution in [2.24, 2.45) is 0 Å². The minimum atomic E-state index is -5.12. The van der Waals surface area contributed by atoms with E-state index in [1.807, 2.05) is 0 Å². The minimum Gasteiger partial charge on any atom is -0.439 e. The zero-order valence-corrected chi connectivity index (χ0v) is 20.4. The average molecular weight is 571 g/mol. The third-order valence-corrected chi connectivity index (χ3v) is 6.73. The third kappa shape index (κ3) is 6.02. The van der Waals surface area contributed by atoms with Crippen molar-refractivity contribution in [1.29, 1.82) is 0 Å². The molecule has 3 atom stereocenters. The molecule has 3 unspecified atom stereocenters. The fourth-order valence-electron chi connectivity index (χ4n) is 4.58. The van der Waals surface area contributed by atoms with Gasteiger partial charge in [-0.2, -0.15) is 39.5 Å². The van der Waals surface area contributed by atoms with Gasteiger partial charge in [0.1, 0.15) is 11.9 Å². The van der Waals surface area contributed by atoms with Gasteiger partial charge in [0.2, 0.25) is 0 Å². The van der Waals surface area contributed by atoms with Crippen molar-refractivity contribution in [2.75, 3.05) is 25.2 Å². The third-order valence-electron chi connectivity index (χ3n) is 6.73. The summed E-state index contributed by atoms with van der Waals surface area (Å²) in [4.78, 5) is 19.2. The molecule has 214 valence electrons. The Bertz CT molecular complexity index is 1190. The minimum absolute atomic E-state index is 0.0382. The van der Waals surface area contributed by atoms with Crippen LogP contribution in [0.1, 0.15) is 47.3 Å². The summed E-state index contributed by atoms with van der Waals surface area (Å²) < 4.78 is 131. The Morgan fingerprint density at radius 2 is 1.54 bits per heavy atom. The standard InChI is InChI=1S/C24H22F9N3O3/c1-12-19(13-5-15(22(25,26)27)8-16(6-13)23(28,29)30)39-21(37)36(12)10-14-7-17(24(31,32)33)9-34-20(14)35(2)18-3-4-38-11-18/h5-9,12,18-19H,3-4,10-11H2,1-2H3. The van der Waals surface area contributed by atoms with Gasteiger partial charge in [0.05, 0.1) is 41.9 Å². The highest BCUT2D eigenvalue weighted by molar-refractivity contribution is 5.71. The Kier molecular flexibility index (Phi) is 7.42. The lowest BCUT2D eigenvalue weighted by Gasteiger charge is -2.29. The first-order chi connectivity index (χ1) is 18.0. The number of aromatic nitrogens is 1. The first-order valence-corrected chi connectivity index (χ1v) is 11.6. The molecule has 1 aromatic heterocycles. The Balaban J connectivity index is 1.70. The molecule has 2 aliphatic heterocycles. The van der Waals surface area contributed by atoms with Crippen molar-refractivity contribution < 1.29 is 53.8 Å². The van der Waals surface area contributed by atoms with E-state index in [1.54, 1.807) is 11.9 Å². The van der Waals surface area contributed by atoms with Crippen molar-refractivity contribution in [3.8, 4) is 0 Å². The van der Waals surface area contributed by atoms with Gasteiger partial charge >= 0.3 is 24.6 Å². The monoisotopic (exact) mass is 571 g/mol. The largest absolute Gasteiger partial charge is 0.439 e. The van der Waals surface area contributed by atoms with Gasteiger partial charge < -0.3 is 14.4 Å². The van der Waals surface area contributed by atoms with Crippen LogP contribution in [0.15, 0.2) is 30.5 Å². The van der Waals surface area contributed by atoms with E-state index in [2.05, 4.69) is 4.98 Å². The summed E-state index contributed by atoms with van der Waals surface area (Å²) in [6.07, 6.45) is -16.5. The summed E-state index contributed by atoms with van der Waals surface area (Å²) in [6.45, 7) is 1.54. The highest BCUT2D eigenvalue weighted by atomic mass is 19.4. The van der Waals surface area contributed by atoms with E-state index in [0.717, 1.165) is 11.0 Å². The van der Waals surface area contributed by atoms with E-state index >= 15 is 0 Å². The van der Waals surface area contributed by atoms with Crippen LogP contribution in [-0.2, 0) is 34.5 Å². The van der Waals surface area contributed by atoms with Crippen LogP contribution in [0.5, 0.6) is 0 Å². The highest BCUT2D eigenvalue weighted by Gasteiger charge is 2.44. The van der Waals surface area contributed by atoms with Gasteiger partial charge in [-0.05, 0) is 43.2 Å². The molecular formula is C24H22F9N3O3. The van der Waals surface area contributed by atoms with Crippen LogP contribution >= 0.6 is 0 Å². The number of carbonyl (C=O) groups excluding carboxylic acids is 1. The maximum Gasteiger partial charge on any atom is 0.417 e. The molecule has 3 heterocycles. The number of benzene rings is 1. The van der Waals surface area contributed by atoms with Crippen molar-refractivity contribution in [3.05, 3.63) is 58.3 Å². The Hall–Kier alpha value is -3.23. The van der Waals surface area contributed by atoms with Crippen LogP contribution in [0.3, 0.4) is 0 Å². The molecule has 0 aliphatic carbocycles. The molecule has 1 aromatic carbocycles. The van der Waals surface area contributed by atoms with Crippen LogP contribution in [0.2, 0.25) is 0 Å². The normalized spacial score (nSPS) is 22.4. The second-order valence-corrected chi connectivity index (χ2v) is 9.34. The summed E-state index contributed by atoms with van der Waals surface area (Å²) in [5, 5.41) is 0. The van der Waals surface area contributed by atoms with E-state index in [1.165, 1.54) is 6.92 Å². The van der Waals surface area contributed by atoms with E-state index < -0.39 is 65.6 Å². The van der Waals surface area contributed by atoms with Gasteiger partial charge in [-0.15, -0.1) is 0 Å². The summed E-state index contributed by atoms with van der Waals surface area (Å²) in [5.74, 6) is 0.111. The molecule has 0 N–H and O–H groups in total. The lowest BCUT2D eigenvalue weighted by atomic mass is 9.97. The highest BCUT2D eigenvalue weighted by Crippen LogP contribution is 2.42. The number of likely N-dealkylation sites (N-methyl/N-ethyl adjacent to an activating group) is 1. The fourth-order valence-corrected chi connectivity index (χ4v) is 4.58. The molecule has 15 heteroatoms. The SMILES string of the molecule is CC1C(c2cc(C(F)(F)F)cc(C(F)(F)F)c2)OC(=O)N1Cc1cc(C(F)(F)F)cnc1N(C)C1CCOC1. The van der Waals surface area contributed by atoms with E-state index in [0.29, 0.717) is 38.0 Å². The number of alkyl halides is 9. The zero-order valence-electron chi connectivity index (χ0n) is 20.4. The molecule has 39 heavy (non-hydrogen) atoms. The molecule has 1 amide bonds. The van der Waals surface area contributed by atoms with Gasteiger partial charge in [0.15, 0.2) is 0 Å². The molecule has 6 nitrogen and oxygen atoms in total. The van der Waals surface area contributed by atoms with Gasteiger partial charge in [-0.1, -0.05) is 0 Å². The number of rotatable bonds is 5. The second kappa shape index (κ2) is 10.1. The number of cyclic esters (lactones) is 1. The number of nitrogens with zero attached hydrogens (tertiary/aromatic N) is 3. The number of ether oxygens (including phenoxy) is 2. The summed E-state index contributed by atoms with van der Waals surface area (Å²) in [7, 11) is 1.59. The predicted octanol–water partition coefficient (Wildman–Crippen LogP) is 6.45. The fraction of sp³-hybridized carbons (Fsp3) is 0.500. The molecule has 2 saturated heterocycles. The van der Waals surface area contributed by atoms with Crippen LogP contribution in [0.4, 0.5) is 50.1 Å². The van der Waals surface area contributed by atoms with Crippen molar-refractivity contribution >= 4 is 11.9 Å². The molecule has 2 aromatic rings. The van der Waals surface area contributed by atoms with Gasteiger partial charge in [0, 0.05) is 25.4 Å². The molecular weight excluding hydrogens is 549 g/mol. The summed E-state index contributed by atoms with van der Waals surface area (Å²) in [5.41, 5.74) is -4.86. The number of halogens is 9. The van der Waals surface area contributed by atoms with Crippen LogP contribution in [0.25, 0.3) is 0 Å². The van der Waals surface area contributed by atoms with Gasteiger partial charge in [-0.25, -0.2) is 9.78 Å². The molecule has 0 saturated carbocycles. The number of amides is 1. The van der Waals surface area contributed by atoms with E-state index in [9.17, 15) is 44.3 Å². The molecule has 0 bridgehead atoms. The molecule has 2 fully saturated rings. The van der Waals surface area contributed by atoms with Crippen molar-refractivity contribution in [1.82, 2.24) is 9.88 Å². The Labute approximate surface area is 216 Å². The Morgan fingerprint density at radius 3 is 2.05 bits per heavy atom. The van der Waals surface area contributed by atoms with Crippen LogP contribution < -0.4 is 4.90 Å².